The lowest BCUT2D eigenvalue weighted by molar-refractivity contribution is -0.210. The van der Waals surface area contributed by atoms with E-state index in [1.165, 1.54) is 0 Å². The molecule has 0 aliphatic carbocycles. The van der Waals surface area contributed by atoms with Crippen molar-refractivity contribution in [3.05, 3.63) is 0 Å². The van der Waals surface area contributed by atoms with Crippen molar-refractivity contribution in [2.24, 2.45) is 0 Å². The van der Waals surface area contributed by atoms with Gasteiger partial charge in [-0.15, -0.1) is 0 Å². The number of hydrogen-bond donors (Lipinski definition) is 0. The Labute approximate surface area is 109 Å². The summed E-state index contributed by atoms with van der Waals surface area (Å²) in [5, 5.41) is 0. The number of hydrogen-bond acceptors (Lipinski definition) is 7. The van der Waals surface area contributed by atoms with E-state index in [0.29, 0.717) is 19.8 Å². The molecule has 0 amide bonds. The Bertz CT molecular complexity index is 265. The maximum absolute atomic E-state index is 11.1. The molecule has 0 heterocycles. The normalized spacial score (nSPS) is 11.9. The first-order valence-corrected chi connectivity index (χ1v) is 7.31. The summed E-state index contributed by atoms with van der Waals surface area (Å²) in [6, 6.07) is 0. The number of ether oxygens (including phenoxy) is 2. The largest absolute Gasteiger partial charge is 0.426 e. The van der Waals surface area contributed by atoms with Crippen LogP contribution in [-0.2, 0) is 33.3 Å². The van der Waals surface area contributed by atoms with Crippen molar-refractivity contribution in [3.63, 3.8) is 0 Å². The lowest BCUT2D eigenvalue weighted by Gasteiger charge is -2.06. The summed E-state index contributed by atoms with van der Waals surface area (Å²) in [4.78, 5) is 4.48. The van der Waals surface area contributed by atoms with E-state index in [2.05, 4.69) is 13.4 Å². The monoisotopic (exact) mass is 286 g/mol. The molecule has 0 N–H and O–H groups in total. The third kappa shape index (κ3) is 12.2. The highest BCUT2D eigenvalue weighted by Gasteiger charge is 2.12. The standard InChI is InChI=1S/C10H22O7S/c1-3-5-6-15-17-18(11,12)16-10-9-14-8-7-13-4-2/h3-10H2,1-2H3. The molecule has 110 valence electrons. The van der Waals surface area contributed by atoms with Crippen LogP contribution in [0.1, 0.15) is 26.7 Å². The molecule has 7 nitrogen and oxygen atoms in total. The molecule has 0 atom stereocenters. The predicted octanol–water partition coefficient (Wildman–Crippen LogP) is 1.05. The number of rotatable bonds is 13. The topological polar surface area (TPSA) is 80.3 Å². The van der Waals surface area contributed by atoms with Crippen molar-refractivity contribution in [3.8, 4) is 0 Å². The van der Waals surface area contributed by atoms with Crippen LogP contribution in [0.5, 0.6) is 0 Å². The van der Waals surface area contributed by atoms with Crippen LogP contribution in [0.15, 0.2) is 0 Å². The van der Waals surface area contributed by atoms with E-state index in [9.17, 15) is 8.42 Å². The van der Waals surface area contributed by atoms with Crippen LogP contribution in [0.3, 0.4) is 0 Å². The fraction of sp³-hybridized carbons (Fsp3) is 1.00. The summed E-state index contributed by atoms with van der Waals surface area (Å²) in [7, 11) is -4.09. The lowest BCUT2D eigenvalue weighted by atomic mass is 10.4. The van der Waals surface area contributed by atoms with E-state index >= 15 is 0 Å². The van der Waals surface area contributed by atoms with Gasteiger partial charge >= 0.3 is 10.4 Å². The van der Waals surface area contributed by atoms with Crippen LogP contribution < -0.4 is 0 Å². The van der Waals surface area contributed by atoms with E-state index in [0.717, 1.165) is 12.8 Å². The van der Waals surface area contributed by atoms with Gasteiger partial charge in [-0.1, -0.05) is 17.7 Å². The molecule has 0 rings (SSSR count). The average molecular weight is 286 g/mol. The van der Waals surface area contributed by atoms with Gasteiger partial charge in [0.05, 0.1) is 33.0 Å². The van der Waals surface area contributed by atoms with Crippen molar-refractivity contribution in [2.75, 3.05) is 39.6 Å². The third-order valence-corrected chi connectivity index (χ3v) is 2.46. The van der Waals surface area contributed by atoms with Crippen LogP contribution in [-0.4, -0.2) is 48.1 Å². The molecule has 0 aromatic carbocycles. The highest BCUT2D eigenvalue weighted by molar-refractivity contribution is 7.81. The van der Waals surface area contributed by atoms with Gasteiger partial charge in [0.1, 0.15) is 0 Å². The average Bonchev–Trinajstić information content (AvgIpc) is 2.34. The first kappa shape index (κ1) is 17.8. The Morgan fingerprint density at radius 1 is 0.889 bits per heavy atom. The molecule has 0 bridgehead atoms. The minimum atomic E-state index is -4.09. The Hall–Kier alpha value is -0.250. The summed E-state index contributed by atoms with van der Waals surface area (Å²) >= 11 is 0. The van der Waals surface area contributed by atoms with Gasteiger partial charge in [0.15, 0.2) is 0 Å². The van der Waals surface area contributed by atoms with Crippen molar-refractivity contribution in [1.29, 1.82) is 0 Å². The van der Waals surface area contributed by atoms with Gasteiger partial charge in [0.2, 0.25) is 0 Å². The molecule has 0 saturated carbocycles. The van der Waals surface area contributed by atoms with Gasteiger partial charge in [0, 0.05) is 6.61 Å². The summed E-state index contributed by atoms with van der Waals surface area (Å²) in [5.41, 5.74) is 0. The Morgan fingerprint density at radius 2 is 1.56 bits per heavy atom. The number of unbranched alkanes of at least 4 members (excludes halogenated alkanes) is 1. The molecule has 0 unspecified atom stereocenters. The minimum absolute atomic E-state index is 0.119. The zero-order valence-corrected chi connectivity index (χ0v) is 11.7. The summed E-state index contributed by atoms with van der Waals surface area (Å²) in [6.07, 6.45) is 1.61. The molecule has 0 aliphatic heterocycles. The quantitative estimate of drug-likeness (QED) is 0.284. The highest BCUT2D eigenvalue weighted by Crippen LogP contribution is 1.98. The molecule has 0 aromatic heterocycles. The maximum Gasteiger partial charge on any atom is 0.426 e. The fourth-order valence-electron chi connectivity index (χ4n) is 0.875. The molecular weight excluding hydrogens is 264 g/mol. The first-order chi connectivity index (χ1) is 8.62. The van der Waals surface area contributed by atoms with E-state index in [1.807, 2.05) is 13.8 Å². The smallest absolute Gasteiger partial charge is 0.379 e. The predicted molar refractivity (Wildman–Crippen MR) is 64.1 cm³/mol. The van der Waals surface area contributed by atoms with Crippen LogP contribution in [0.4, 0.5) is 0 Å². The Kier molecular flexibility index (Phi) is 11.7. The Morgan fingerprint density at radius 3 is 2.22 bits per heavy atom. The molecule has 0 saturated heterocycles. The molecule has 0 aliphatic rings. The third-order valence-electron chi connectivity index (χ3n) is 1.74. The van der Waals surface area contributed by atoms with Crippen LogP contribution in [0.2, 0.25) is 0 Å². The van der Waals surface area contributed by atoms with Gasteiger partial charge < -0.3 is 9.47 Å². The summed E-state index contributed by atoms with van der Waals surface area (Å²) in [5.74, 6) is 0. The van der Waals surface area contributed by atoms with Gasteiger partial charge in [-0.25, -0.2) is 9.07 Å². The zero-order chi connectivity index (χ0) is 13.7. The van der Waals surface area contributed by atoms with E-state index in [4.69, 9.17) is 9.47 Å². The van der Waals surface area contributed by atoms with Gasteiger partial charge in [-0.2, -0.15) is 8.42 Å². The van der Waals surface area contributed by atoms with Crippen LogP contribution in [0, 0.1) is 0 Å². The van der Waals surface area contributed by atoms with Crippen LogP contribution in [0.25, 0.3) is 0 Å². The molecule has 0 spiro atoms. The molecule has 0 radical (unpaired) electrons. The minimum Gasteiger partial charge on any atom is -0.379 e. The van der Waals surface area contributed by atoms with E-state index < -0.39 is 10.4 Å². The van der Waals surface area contributed by atoms with Gasteiger partial charge in [-0.3, -0.25) is 0 Å². The lowest BCUT2D eigenvalue weighted by Crippen LogP contribution is -2.15. The maximum atomic E-state index is 11.1. The summed E-state index contributed by atoms with van der Waals surface area (Å²) < 4.78 is 40.9. The Balaban J connectivity index is 3.41. The van der Waals surface area contributed by atoms with Crippen molar-refractivity contribution in [2.45, 2.75) is 26.7 Å². The van der Waals surface area contributed by atoms with Crippen molar-refractivity contribution >= 4 is 10.4 Å². The fourth-order valence-corrected chi connectivity index (χ4v) is 1.37. The SMILES string of the molecule is CCCCOOS(=O)(=O)OCCOCCOCC. The van der Waals surface area contributed by atoms with E-state index in [-0.39, 0.29) is 19.8 Å². The second-order valence-electron chi connectivity index (χ2n) is 3.28. The second-order valence-corrected chi connectivity index (χ2v) is 4.47. The van der Waals surface area contributed by atoms with Gasteiger partial charge in [0.25, 0.3) is 0 Å². The molecule has 0 aromatic rings. The summed E-state index contributed by atoms with van der Waals surface area (Å²) in [6.45, 7) is 5.56. The molecule has 18 heavy (non-hydrogen) atoms. The van der Waals surface area contributed by atoms with Crippen molar-refractivity contribution in [1.82, 2.24) is 0 Å². The van der Waals surface area contributed by atoms with Crippen LogP contribution >= 0.6 is 0 Å². The highest BCUT2D eigenvalue weighted by atomic mass is 32.3. The first-order valence-electron chi connectivity index (χ1n) is 5.98. The molecule has 8 heteroatoms. The molecule has 0 fully saturated rings. The van der Waals surface area contributed by atoms with Gasteiger partial charge in [-0.05, 0) is 13.3 Å². The van der Waals surface area contributed by atoms with E-state index in [1.54, 1.807) is 0 Å². The second kappa shape index (κ2) is 11.8. The molecular formula is C10H22O7S. The zero-order valence-electron chi connectivity index (χ0n) is 10.9. The van der Waals surface area contributed by atoms with Crippen molar-refractivity contribution < 1.29 is 31.3 Å².